The van der Waals surface area contributed by atoms with E-state index in [1.807, 2.05) is 6.92 Å². The van der Waals surface area contributed by atoms with Crippen molar-refractivity contribution in [3.05, 3.63) is 23.8 Å². The van der Waals surface area contributed by atoms with E-state index < -0.39 is 6.09 Å². The molecular weight excluding hydrogens is 158 g/mol. The zero-order valence-electron chi connectivity index (χ0n) is 6.53. The van der Waals surface area contributed by atoms with E-state index in [2.05, 4.69) is 5.32 Å². The fraction of sp³-hybridized carbons (Fsp3) is 0.125. The molecule has 12 heavy (non-hydrogen) atoms. The summed E-state index contributed by atoms with van der Waals surface area (Å²) >= 11 is 0. The minimum Gasteiger partial charge on any atom is -0.506 e. The van der Waals surface area contributed by atoms with Gasteiger partial charge in [-0.3, -0.25) is 5.32 Å². The molecule has 0 aliphatic rings. The Morgan fingerprint density at radius 3 is 2.67 bits per heavy atom. The molecule has 0 fully saturated rings. The first-order valence-electron chi connectivity index (χ1n) is 3.39. The molecule has 0 aromatic heterocycles. The van der Waals surface area contributed by atoms with Gasteiger partial charge in [-0.2, -0.15) is 0 Å². The third kappa shape index (κ3) is 1.88. The first-order valence-corrected chi connectivity index (χ1v) is 3.39. The number of aromatic hydroxyl groups is 1. The van der Waals surface area contributed by atoms with Crippen molar-refractivity contribution < 1.29 is 15.0 Å². The van der Waals surface area contributed by atoms with Crippen LogP contribution in [-0.4, -0.2) is 16.3 Å². The van der Waals surface area contributed by atoms with Crippen molar-refractivity contribution in [2.75, 3.05) is 5.32 Å². The van der Waals surface area contributed by atoms with Crippen molar-refractivity contribution in [1.29, 1.82) is 0 Å². The van der Waals surface area contributed by atoms with Gasteiger partial charge in [0.25, 0.3) is 0 Å². The number of nitrogens with one attached hydrogen (secondary N) is 1. The number of phenolic OH excluding ortho intramolecular Hbond substituents is 1. The molecule has 1 aromatic rings. The lowest BCUT2D eigenvalue weighted by molar-refractivity contribution is 0.209. The van der Waals surface area contributed by atoms with E-state index in [0.717, 1.165) is 5.56 Å². The summed E-state index contributed by atoms with van der Waals surface area (Å²) in [6.45, 7) is 1.81. The van der Waals surface area contributed by atoms with Crippen LogP contribution in [0.1, 0.15) is 5.56 Å². The Hall–Kier alpha value is -1.71. The highest BCUT2D eigenvalue weighted by molar-refractivity contribution is 5.85. The Morgan fingerprint density at radius 1 is 1.50 bits per heavy atom. The molecule has 1 amide bonds. The van der Waals surface area contributed by atoms with E-state index in [-0.39, 0.29) is 11.4 Å². The highest BCUT2D eigenvalue weighted by Gasteiger charge is 2.02. The molecule has 0 heterocycles. The van der Waals surface area contributed by atoms with Crippen LogP contribution in [0.2, 0.25) is 0 Å². The number of carbonyl (C=O) groups is 1. The second-order valence-corrected chi connectivity index (χ2v) is 2.45. The van der Waals surface area contributed by atoms with Crippen LogP contribution in [0.5, 0.6) is 5.75 Å². The maximum atomic E-state index is 10.2. The quantitative estimate of drug-likeness (QED) is 0.558. The molecule has 3 N–H and O–H groups in total. The average Bonchev–Trinajstić information content (AvgIpc) is 1.94. The Morgan fingerprint density at radius 2 is 2.17 bits per heavy atom. The van der Waals surface area contributed by atoms with Gasteiger partial charge in [0.1, 0.15) is 5.75 Å². The standard InChI is InChI=1S/C8H9NO3/c1-5-2-3-6(7(10)4-5)9-8(11)12/h2-4,9-10H,1H3,(H,11,12). The molecule has 0 aliphatic heterocycles. The SMILES string of the molecule is Cc1ccc(NC(=O)O)c(O)c1. The number of rotatable bonds is 1. The summed E-state index contributed by atoms with van der Waals surface area (Å²) in [6, 6.07) is 4.72. The lowest BCUT2D eigenvalue weighted by atomic mass is 10.2. The lowest BCUT2D eigenvalue weighted by Crippen LogP contribution is -2.07. The number of hydrogen-bond donors (Lipinski definition) is 3. The second-order valence-electron chi connectivity index (χ2n) is 2.45. The predicted molar refractivity (Wildman–Crippen MR) is 44.5 cm³/mol. The van der Waals surface area contributed by atoms with Gasteiger partial charge in [0.15, 0.2) is 0 Å². The molecule has 1 aromatic carbocycles. The van der Waals surface area contributed by atoms with Crippen LogP contribution < -0.4 is 5.32 Å². The smallest absolute Gasteiger partial charge is 0.409 e. The number of phenols is 1. The van der Waals surface area contributed by atoms with E-state index in [4.69, 9.17) is 5.11 Å². The molecule has 0 aliphatic carbocycles. The Balaban J connectivity index is 2.93. The van der Waals surface area contributed by atoms with E-state index in [9.17, 15) is 9.90 Å². The number of hydrogen-bond acceptors (Lipinski definition) is 2. The fourth-order valence-electron chi connectivity index (χ4n) is 0.863. The summed E-state index contributed by atoms with van der Waals surface area (Å²) in [5.74, 6) is -0.0580. The summed E-state index contributed by atoms with van der Waals surface area (Å²) in [5, 5.41) is 19.6. The Bertz CT molecular complexity index is 309. The molecule has 0 saturated heterocycles. The van der Waals surface area contributed by atoms with Gasteiger partial charge < -0.3 is 10.2 Å². The first kappa shape index (κ1) is 8.39. The third-order valence-corrected chi connectivity index (χ3v) is 1.39. The number of benzene rings is 1. The van der Waals surface area contributed by atoms with E-state index in [1.54, 1.807) is 6.07 Å². The van der Waals surface area contributed by atoms with Crippen LogP contribution in [0.25, 0.3) is 0 Å². The molecule has 1 rings (SSSR count). The number of carboxylic acid groups (broad SMARTS) is 1. The van der Waals surface area contributed by atoms with E-state index >= 15 is 0 Å². The highest BCUT2D eigenvalue weighted by atomic mass is 16.4. The molecule has 0 unspecified atom stereocenters. The van der Waals surface area contributed by atoms with Gasteiger partial charge in [0.05, 0.1) is 5.69 Å². The van der Waals surface area contributed by atoms with Gasteiger partial charge >= 0.3 is 6.09 Å². The topological polar surface area (TPSA) is 69.6 Å². The number of anilines is 1. The molecule has 0 bridgehead atoms. The molecular formula is C8H9NO3. The van der Waals surface area contributed by atoms with Gasteiger partial charge in [0.2, 0.25) is 0 Å². The van der Waals surface area contributed by atoms with Crippen molar-refractivity contribution in [1.82, 2.24) is 0 Å². The highest BCUT2D eigenvalue weighted by Crippen LogP contribution is 2.23. The summed E-state index contributed by atoms with van der Waals surface area (Å²) in [4.78, 5) is 10.2. The van der Waals surface area contributed by atoms with Crippen molar-refractivity contribution in [3.8, 4) is 5.75 Å². The van der Waals surface area contributed by atoms with Crippen LogP contribution in [-0.2, 0) is 0 Å². The summed E-state index contributed by atoms with van der Waals surface area (Å²) < 4.78 is 0. The second kappa shape index (κ2) is 3.13. The first-order chi connectivity index (χ1) is 5.59. The van der Waals surface area contributed by atoms with Gasteiger partial charge in [-0.05, 0) is 24.6 Å². The minimum absolute atomic E-state index is 0.0580. The number of aryl methyl sites for hydroxylation is 1. The maximum Gasteiger partial charge on any atom is 0.409 e. The van der Waals surface area contributed by atoms with Crippen LogP contribution >= 0.6 is 0 Å². The zero-order valence-corrected chi connectivity index (χ0v) is 6.53. The van der Waals surface area contributed by atoms with Crippen LogP contribution in [0.15, 0.2) is 18.2 Å². The van der Waals surface area contributed by atoms with Crippen molar-refractivity contribution >= 4 is 11.8 Å². The van der Waals surface area contributed by atoms with Crippen LogP contribution in [0.3, 0.4) is 0 Å². The van der Waals surface area contributed by atoms with Crippen LogP contribution in [0, 0.1) is 6.92 Å². The largest absolute Gasteiger partial charge is 0.506 e. The van der Waals surface area contributed by atoms with E-state index in [0.29, 0.717) is 0 Å². The van der Waals surface area contributed by atoms with Gasteiger partial charge in [-0.15, -0.1) is 0 Å². The van der Waals surface area contributed by atoms with Crippen molar-refractivity contribution in [2.45, 2.75) is 6.92 Å². The lowest BCUT2D eigenvalue weighted by Gasteiger charge is -2.03. The predicted octanol–water partition coefficient (Wildman–Crippen LogP) is 1.79. The zero-order chi connectivity index (χ0) is 9.14. The summed E-state index contributed by atoms with van der Waals surface area (Å²) in [7, 11) is 0. The molecule has 0 spiro atoms. The third-order valence-electron chi connectivity index (χ3n) is 1.39. The summed E-state index contributed by atoms with van der Waals surface area (Å²) in [6.07, 6.45) is -1.19. The van der Waals surface area contributed by atoms with Gasteiger partial charge in [-0.25, -0.2) is 4.79 Å². The van der Waals surface area contributed by atoms with E-state index in [1.165, 1.54) is 12.1 Å². The molecule has 0 atom stereocenters. The minimum atomic E-state index is -1.19. The normalized spacial score (nSPS) is 9.42. The molecule has 64 valence electrons. The van der Waals surface area contributed by atoms with Crippen molar-refractivity contribution in [3.63, 3.8) is 0 Å². The van der Waals surface area contributed by atoms with Crippen molar-refractivity contribution in [2.24, 2.45) is 0 Å². The molecule has 4 heteroatoms. The molecule has 0 saturated carbocycles. The average molecular weight is 167 g/mol. The fourth-order valence-corrected chi connectivity index (χ4v) is 0.863. The van der Waals surface area contributed by atoms with Gasteiger partial charge in [0, 0.05) is 0 Å². The molecule has 0 radical (unpaired) electrons. The molecule has 4 nitrogen and oxygen atoms in total. The van der Waals surface area contributed by atoms with Crippen LogP contribution in [0.4, 0.5) is 10.5 Å². The Kier molecular flexibility index (Phi) is 2.19. The van der Waals surface area contributed by atoms with Gasteiger partial charge in [-0.1, -0.05) is 6.07 Å². The maximum absolute atomic E-state index is 10.2. The summed E-state index contributed by atoms with van der Waals surface area (Å²) in [5.41, 5.74) is 1.08. The number of amides is 1. The Labute approximate surface area is 69.5 Å². The monoisotopic (exact) mass is 167 g/mol.